The monoisotopic (exact) mass is 250 g/mol. The van der Waals surface area contributed by atoms with Crippen LogP contribution in [-0.2, 0) is 4.79 Å². The molecule has 0 aliphatic heterocycles. The van der Waals surface area contributed by atoms with Crippen LogP contribution in [0.3, 0.4) is 0 Å². The zero-order chi connectivity index (χ0) is 13.1. The van der Waals surface area contributed by atoms with Gasteiger partial charge in [-0.2, -0.15) is 18.3 Å². The largest absolute Gasteiger partial charge is 0.401 e. The van der Waals surface area contributed by atoms with E-state index in [1.165, 1.54) is 0 Å². The molecule has 0 bridgehead atoms. The zero-order valence-corrected chi connectivity index (χ0v) is 9.40. The van der Waals surface area contributed by atoms with Gasteiger partial charge < -0.3 is 10.6 Å². The van der Waals surface area contributed by atoms with E-state index in [4.69, 9.17) is 0 Å². The van der Waals surface area contributed by atoms with E-state index in [1.807, 2.05) is 5.32 Å². The van der Waals surface area contributed by atoms with Gasteiger partial charge in [-0.25, -0.2) is 0 Å². The van der Waals surface area contributed by atoms with Gasteiger partial charge in [-0.3, -0.25) is 9.89 Å². The standard InChI is InChI=1S/C9H13F3N4O/c1-5-8(6(2)16-15-5)14-7(17)3-13-4-9(10,11)12/h13H,3-4H2,1-2H3,(H,14,17)(H,15,16). The van der Waals surface area contributed by atoms with E-state index in [-0.39, 0.29) is 0 Å². The van der Waals surface area contributed by atoms with Crippen LogP contribution in [0.1, 0.15) is 11.4 Å². The highest BCUT2D eigenvalue weighted by Gasteiger charge is 2.26. The molecular formula is C9H13F3N4O. The molecule has 8 heteroatoms. The molecule has 0 unspecified atom stereocenters. The molecule has 0 aliphatic carbocycles. The molecule has 1 heterocycles. The fraction of sp³-hybridized carbons (Fsp3) is 0.556. The van der Waals surface area contributed by atoms with Crippen molar-refractivity contribution in [2.24, 2.45) is 0 Å². The van der Waals surface area contributed by atoms with E-state index in [0.29, 0.717) is 17.1 Å². The number of halogens is 3. The molecule has 5 nitrogen and oxygen atoms in total. The van der Waals surface area contributed by atoms with Crippen molar-refractivity contribution in [3.05, 3.63) is 11.4 Å². The Labute approximate surface area is 95.8 Å². The van der Waals surface area contributed by atoms with Crippen molar-refractivity contribution in [1.82, 2.24) is 15.5 Å². The maximum Gasteiger partial charge on any atom is 0.401 e. The fourth-order valence-corrected chi connectivity index (χ4v) is 1.24. The third kappa shape index (κ3) is 4.43. The number of nitrogens with one attached hydrogen (secondary N) is 3. The Morgan fingerprint density at radius 2 is 2.06 bits per heavy atom. The first-order chi connectivity index (χ1) is 7.79. The molecule has 0 saturated carbocycles. The number of nitrogens with zero attached hydrogens (tertiary/aromatic N) is 1. The second kappa shape index (κ2) is 5.17. The number of alkyl halides is 3. The summed E-state index contributed by atoms with van der Waals surface area (Å²) < 4.78 is 35.4. The van der Waals surface area contributed by atoms with Crippen LogP contribution in [0.4, 0.5) is 18.9 Å². The average Bonchev–Trinajstić information content (AvgIpc) is 2.47. The lowest BCUT2D eigenvalue weighted by Gasteiger charge is -2.08. The van der Waals surface area contributed by atoms with Crippen LogP contribution in [0.15, 0.2) is 0 Å². The topological polar surface area (TPSA) is 69.8 Å². The molecule has 1 aromatic rings. The van der Waals surface area contributed by atoms with Gasteiger partial charge in [0.2, 0.25) is 5.91 Å². The molecule has 0 aromatic carbocycles. The second-order valence-corrected chi connectivity index (χ2v) is 3.58. The third-order valence-electron chi connectivity index (χ3n) is 2.00. The van der Waals surface area contributed by atoms with E-state index in [9.17, 15) is 18.0 Å². The van der Waals surface area contributed by atoms with Crippen LogP contribution < -0.4 is 10.6 Å². The van der Waals surface area contributed by atoms with Gasteiger partial charge in [0.1, 0.15) is 0 Å². The number of rotatable bonds is 4. The van der Waals surface area contributed by atoms with Crippen LogP contribution in [0.5, 0.6) is 0 Å². The van der Waals surface area contributed by atoms with Crippen LogP contribution in [-0.4, -0.2) is 35.4 Å². The number of carbonyl (C=O) groups is 1. The van der Waals surface area contributed by atoms with Gasteiger partial charge in [0, 0.05) is 0 Å². The Kier molecular flexibility index (Phi) is 4.11. The molecule has 17 heavy (non-hydrogen) atoms. The van der Waals surface area contributed by atoms with Gasteiger partial charge in [-0.05, 0) is 13.8 Å². The van der Waals surface area contributed by atoms with E-state index in [1.54, 1.807) is 13.8 Å². The average molecular weight is 250 g/mol. The van der Waals surface area contributed by atoms with Crippen molar-refractivity contribution >= 4 is 11.6 Å². The Balaban J connectivity index is 2.41. The molecule has 3 N–H and O–H groups in total. The summed E-state index contributed by atoms with van der Waals surface area (Å²) in [6.45, 7) is 1.80. The predicted molar refractivity (Wildman–Crippen MR) is 55.6 cm³/mol. The highest BCUT2D eigenvalue weighted by Crippen LogP contribution is 2.15. The van der Waals surface area contributed by atoms with Crippen LogP contribution >= 0.6 is 0 Å². The minimum atomic E-state index is -4.32. The molecule has 0 spiro atoms. The Bertz CT molecular complexity index is 380. The molecule has 0 atom stereocenters. The van der Waals surface area contributed by atoms with Crippen molar-refractivity contribution in [2.75, 3.05) is 18.4 Å². The molecule has 1 rings (SSSR count). The number of hydrogen-bond acceptors (Lipinski definition) is 3. The van der Waals surface area contributed by atoms with Gasteiger partial charge in [0.25, 0.3) is 0 Å². The van der Waals surface area contributed by atoms with E-state index < -0.39 is 25.2 Å². The number of aromatic nitrogens is 2. The number of hydrogen-bond donors (Lipinski definition) is 3. The van der Waals surface area contributed by atoms with E-state index in [2.05, 4.69) is 15.5 Å². The molecule has 0 aliphatic rings. The Hall–Kier alpha value is -1.57. The van der Waals surface area contributed by atoms with Crippen LogP contribution in [0, 0.1) is 13.8 Å². The summed E-state index contributed by atoms with van der Waals surface area (Å²) in [5, 5.41) is 11.0. The summed E-state index contributed by atoms with van der Waals surface area (Å²) in [4.78, 5) is 11.3. The summed E-state index contributed by atoms with van der Waals surface area (Å²) in [6.07, 6.45) is -4.32. The zero-order valence-electron chi connectivity index (χ0n) is 9.40. The number of aryl methyl sites for hydroxylation is 2. The SMILES string of the molecule is Cc1n[nH]c(C)c1NC(=O)CNCC(F)(F)F. The Morgan fingerprint density at radius 3 is 2.53 bits per heavy atom. The van der Waals surface area contributed by atoms with Gasteiger partial charge in [0.05, 0.1) is 30.2 Å². The van der Waals surface area contributed by atoms with Crippen LogP contribution in [0.2, 0.25) is 0 Å². The van der Waals surface area contributed by atoms with Crippen LogP contribution in [0.25, 0.3) is 0 Å². The smallest absolute Gasteiger partial charge is 0.322 e. The number of amides is 1. The number of anilines is 1. The van der Waals surface area contributed by atoms with Gasteiger partial charge in [-0.1, -0.05) is 0 Å². The predicted octanol–water partition coefficient (Wildman–Crippen LogP) is 1.12. The molecule has 1 aromatic heterocycles. The maximum atomic E-state index is 11.8. The minimum Gasteiger partial charge on any atom is -0.322 e. The quantitative estimate of drug-likeness (QED) is 0.750. The molecule has 0 fully saturated rings. The maximum absolute atomic E-state index is 11.8. The number of carbonyl (C=O) groups excluding carboxylic acids is 1. The highest BCUT2D eigenvalue weighted by atomic mass is 19.4. The van der Waals surface area contributed by atoms with Crippen molar-refractivity contribution < 1.29 is 18.0 Å². The summed E-state index contributed by atoms with van der Waals surface area (Å²) in [7, 11) is 0. The van der Waals surface area contributed by atoms with Crippen molar-refractivity contribution in [3.63, 3.8) is 0 Å². The van der Waals surface area contributed by atoms with Crippen molar-refractivity contribution in [3.8, 4) is 0 Å². The number of H-pyrrole nitrogens is 1. The normalized spacial score (nSPS) is 11.6. The first kappa shape index (κ1) is 13.5. The lowest BCUT2D eigenvalue weighted by Crippen LogP contribution is -2.35. The van der Waals surface area contributed by atoms with Gasteiger partial charge >= 0.3 is 6.18 Å². The first-order valence-electron chi connectivity index (χ1n) is 4.88. The van der Waals surface area contributed by atoms with E-state index >= 15 is 0 Å². The Morgan fingerprint density at radius 1 is 1.41 bits per heavy atom. The van der Waals surface area contributed by atoms with Gasteiger partial charge in [-0.15, -0.1) is 0 Å². The molecule has 96 valence electrons. The highest BCUT2D eigenvalue weighted by molar-refractivity contribution is 5.93. The minimum absolute atomic E-state index is 0.399. The van der Waals surface area contributed by atoms with Crippen molar-refractivity contribution in [1.29, 1.82) is 0 Å². The third-order valence-corrected chi connectivity index (χ3v) is 2.00. The van der Waals surface area contributed by atoms with Crippen molar-refractivity contribution in [2.45, 2.75) is 20.0 Å². The molecule has 1 amide bonds. The lowest BCUT2D eigenvalue weighted by atomic mass is 10.3. The molecule has 0 radical (unpaired) electrons. The second-order valence-electron chi connectivity index (χ2n) is 3.58. The first-order valence-corrected chi connectivity index (χ1v) is 4.88. The van der Waals surface area contributed by atoms with E-state index in [0.717, 1.165) is 0 Å². The summed E-state index contributed by atoms with van der Waals surface area (Å²) in [5.41, 5.74) is 1.75. The summed E-state index contributed by atoms with van der Waals surface area (Å²) >= 11 is 0. The number of aromatic amines is 1. The molecule has 0 saturated heterocycles. The summed E-state index contributed by atoms with van der Waals surface area (Å²) in [5.74, 6) is -0.540. The van der Waals surface area contributed by atoms with Gasteiger partial charge in [0.15, 0.2) is 0 Å². The fourth-order valence-electron chi connectivity index (χ4n) is 1.24. The lowest BCUT2D eigenvalue weighted by molar-refractivity contribution is -0.126. The summed E-state index contributed by atoms with van der Waals surface area (Å²) in [6, 6.07) is 0. The molecular weight excluding hydrogens is 237 g/mol.